The lowest BCUT2D eigenvalue weighted by atomic mass is 9.54. The number of anilines is 2. The van der Waals surface area contributed by atoms with Crippen LogP contribution in [0, 0.1) is 11.2 Å². The maximum absolute atomic E-state index is 16.3. The first kappa shape index (κ1) is 29.3. The van der Waals surface area contributed by atoms with Crippen molar-refractivity contribution in [2.24, 2.45) is 5.41 Å². The first-order valence-electron chi connectivity index (χ1n) is 14.1. The predicted octanol–water partition coefficient (Wildman–Crippen LogP) is 6.47. The van der Waals surface area contributed by atoms with E-state index in [0.29, 0.717) is 22.2 Å². The summed E-state index contributed by atoms with van der Waals surface area (Å²) in [5.74, 6) is 0.0504. The van der Waals surface area contributed by atoms with Gasteiger partial charge in [-0.2, -0.15) is 0 Å². The van der Waals surface area contributed by atoms with Crippen molar-refractivity contribution in [3.05, 3.63) is 81.2 Å². The molecule has 232 valence electrons. The summed E-state index contributed by atoms with van der Waals surface area (Å²) in [6.07, 6.45) is 7.10. The molecule has 15 heteroatoms. The van der Waals surface area contributed by atoms with E-state index >= 15 is 4.39 Å². The molecule has 1 saturated heterocycles. The molecule has 2 bridgehead atoms. The van der Waals surface area contributed by atoms with E-state index in [4.69, 9.17) is 33.2 Å². The number of allylic oxidation sites excluding steroid dienone is 2. The highest BCUT2D eigenvalue weighted by atomic mass is 35.5. The van der Waals surface area contributed by atoms with Gasteiger partial charge < -0.3 is 5.32 Å². The number of nitrogens with zero attached hydrogens (tertiary/aromatic N) is 3. The summed E-state index contributed by atoms with van der Waals surface area (Å²) in [5, 5.41) is 3.99. The molecule has 2 saturated carbocycles. The molecule has 4 aromatic rings. The Bertz CT molecular complexity index is 2140. The molecule has 0 amide bonds. The summed E-state index contributed by atoms with van der Waals surface area (Å²) < 4.78 is 68.4. The summed E-state index contributed by atoms with van der Waals surface area (Å²) in [6.45, 7) is 0. The molecule has 4 aliphatic carbocycles. The van der Waals surface area contributed by atoms with E-state index in [2.05, 4.69) is 21.1 Å². The van der Waals surface area contributed by atoms with E-state index in [9.17, 15) is 16.8 Å². The van der Waals surface area contributed by atoms with Crippen molar-refractivity contribution in [2.45, 2.75) is 42.0 Å². The first-order chi connectivity index (χ1) is 21.3. The number of thiazole rings is 1. The molecule has 45 heavy (non-hydrogen) atoms. The second kappa shape index (κ2) is 9.95. The zero-order valence-corrected chi connectivity index (χ0v) is 27.3. The van der Waals surface area contributed by atoms with Crippen LogP contribution >= 0.6 is 34.5 Å². The van der Waals surface area contributed by atoms with Crippen LogP contribution in [0.2, 0.25) is 10.0 Å². The van der Waals surface area contributed by atoms with Gasteiger partial charge in [-0.25, -0.2) is 36.2 Å². The molecule has 9 nitrogen and oxygen atoms in total. The van der Waals surface area contributed by atoms with Gasteiger partial charge in [0.05, 0.1) is 43.5 Å². The largest absolute Gasteiger partial charge is 0.351 e. The van der Waals surface area contributed by atoms with Crippen LogP contribution in [0.5, 0.6) is 0 Å². The summed E-state index contributed by atoms with van der Waals surface area (Å²) in [5.41, 5.74) is 1.79. The monoisotopic (exact) mass is 703 g/mol. The number of sulfone groups is 1. The number of nitrogens with one attached hydrogen (secondary N) is 2. The molecule has 9 rings (SSSR count). The van der Waals surface area contributed by atoms with Gasteiger partial charge in [0.2, 0.25) is 5.95 Å². The van der Waals surface area contributed by atoms with Crippen molar-refractivity contribution in [1.29, 1.82) is 0 Å². The topological polar surface area (TPSA) is 131 Å². The molecular formula is C30H24Cl2FN5O4S3. The highest BCUT2D eigenvalue weighted by molar-refractivity contribution is 7.93. The summed E-state index contributed by atoms with van der Waals surface area (Å²) in [4.78, 5) is 14.3. The van der Waals surface area contributed by atoms with Gasteiger partial charge in [0, 0.05) is 28.6 Å². The molecule has 0 radical (unpaired) electrons. The summed E-state index contributed by atoms with van der Waals surface area (Å²) >= 11 is 13.7. The van der Waals surface area contributed by atoms with Crippen LogP contribution in [0.4, 0.5) is 16.0 Å². The SMILES string of the molecule is O=S1(=O)CC2(CC(Nc3nccc(-c4sc(C56C=C(C5)C6)nc4-c4cccc(NS(=O)(=O)c5c(Cl)cccc5Cl)c4F)n3)C2)C1. The van der Waals surface area contributed by atoms with Gasteiger partial charge in [-0.3, -0.25) is 4.72 Å². The van der Waals surface area contributed by atoms with E-state index in [1.54, 1.807) is 24.4 Å². The third-order valence-corrected chi connectivity index (χ3v) is 14.7. The number of benzene rings is 2. The minimum absolute atomic E-state index is 0.0633. The van der Waals surface area contributed by atoms with Crippen molar-refractivity contribution >= 4 is 66.0 Å². The Balaban J connectivity index is 1.13. The van der Waals surface area contributed by atoms with Crippen LogP contribution in [-0.4, -0.2) is 49.3 Å². The van der Waals surface area contributed by atoms with Crippen molar-refractivity contribution in [3.8, 4) is 21.8 Å². The predicted molar refractivity (Wildman–Crippen MR) is 173 cm³/mol. The molecule has 3 fully saturated rings. The van der Waals surface area contributed by atoms with Gasteiger partial charge in [-0.1, -0.05) is 47.0 Å². The van der Waals surface area contributed by atoms with E-state index in [1.807, 2.05) is 0 Å². The van der Waals surface area contributed by atoms with E-state index in [0.717, 1.165) is 30.7 Å². The van der Waals surface area contributed by atoms with Crippen molar-refractivity contribution in [2.75, 3.05) is 21.5 Å². The standard InChI is InChI=1S/C30H24Cl2FN5O4S3/c31-19-4-2-5-20(32)26(19)45(41,42)38-21-6-1-3-18(23(21)33)24-25(43-27(37-24)30-9-16(10-30)11-30)22-7-8-34-28(36-22)35-17-12-29(13-17)14-44(39,40)15-29/h1-9,17,38H,10-15H2,(H,34,35,36). The highest BCUT2D eigenvalue weighted by Gasteiger charge is 2.56. The number of hydrogen-bond acceptors (Lipinski definition) is 9. The van der Waals surface area contributed by atoms with Gasteiger partial charge in [0.15, 0.2) is 15.7 Å². The average molecular weight is 705 g/mol. The van der Waals surface area contributed by atoms with Crippen molar-refractivity contribution in [3.63, 3.8) is 0 Å². The summed E-state index contributed by atoms with van der Waals surface area (Å²) in [6, 6.07) is 10.5. The van der Waals surface area contributed by atoms with E-state index < -0.39 is 25.7 Å². The van der Waals surface area contributed by atoms with Crippen LogP contribution < -0.4 is 10.0 Å². The van der Waals surface area contributed by atoms with Crippen LogP contribution in [0.15, 0.2) is 65.2 Å². The quantitative estimate of drug-likeness (QED) is 0.200. The molecular weight excluding hydrogens is 680 g/mol. The number of halogens is 3. The second-order valence-corrected chi connectivity index (χ2v) is 17.9. The second-order valence-electron chi connectivity index (χ2n) is 12.4. The molecule has 3 heterocycles. The Morgan fingerprint density at radius 1 is 1.00 bits per heavy atom. The van der Waals surface area contributed by atoms with Gasteiger partial charge in [0.1, 0.15) is 9.90 Å². The lowest BCUT2D eigenvalue weighted by Gasteiger charge is -2.53. The van der Waals surface area contributed by atoms with Crippen LogP contribution in [-0.2, 0) is 25.3 Å². The highest BCUT2D eigenvalue weighted by Crippen LogP contribution is 2.61. The number of aromatic nitrogens is 3. The normalized spacial score (nSPS) is 20.3. The Kier molecular flexibility index (Phi) is 6.48. The molecule has 1 spiro atoms. The zero-order chi connectivity index (χ0) is 31.4. The molecule has 0 atom stereocenters. The van der Waals surface area contributed by atoms with Gasteiger partial charge in [-0.05, 0) is 56.0 Å². The first-order valence-corrected chi connectivity index (χ1v) is 19.0. The molecule has 1 aliphatic heterocycles. The Morgan fingerprint density at radius 3 is 2.33 bits per heavy atom. The molecule has 2 N–H and O–H groups in total. The van der Waals surface area contributed by atoms with Gasteiger partial charge >= 0.3 is 0 Å². The lowest BCUT2D eigenvalue weighted by molar-refractivity contribution is 0.153. The Labute approximate surface area is 272 Å². The fourth-order valence-corrected chi connectivity index (χ4v) is 12.5. The summed E-state index contributed by atoms with van der Waals surface area (Å²) in [7, 11) is -7.24. The zero-order valence-electron chi connectivity index (χ0n) is 23.3. The Morgan fingerprint density at radius 2 is 1.69 bits per heavy atom. The Hall–Kier alpha value is -3.10. The smallest absolute Gasteiger partial charge is 0.264 e. The lowest BCUT2D eigenvalue weighted by Crippen LogP contribution is -2.60. The van der Waals surface area contributed by atoms with Crippen LogP contribution in [0.1, 0.15) is 30.7 Å². The van der Waals surface area contributed by atoms with Crippen molar-refractivity contribution in [1.82, 2.24) is 15.0 Å². The third-order valence-electron chi connectivity index (χ3n) is 8.94. The van der Waals surface area contributed by atoms with E-state index in [-0.39, 0.29) is 54.6 Å². The number of hydrogen-bond donors (Lipinski definition) is 2. The van der Waals surface area contributed by atoms with E-state index in [1.165, 1.54) is 41.2 Å². The van der Waals surface area contributed by atoms with Crippen LogP contribution in [0.3, 0.4) is 0 Å². The van der Waals surface area contributed by atoms with Crippen LogP contribution in [0.25, 0.3) is 21.8 Å². The molecule has 2 aromatic carbocycles. The van der Waals surface area contributed by atoms with Crippen molar-refractivity contribution < 1.29 is 21.2 Å². The van der Waals surface area contributed by atoms with Gasteiger partial charge in [0.25, 0.3) is 10.0 Å². The molecule has 0 unspecified atom stereocenters. The minimum atomic E-state index is -4.33. The number of rotatable bonds is 8. The fourth-order valence-electron chi connectivity index (χ4n) is 6.87. The fraction of sp³-hybridized carbons (Fsp3) is 0.300. The maximum Gasteiger partial charge on any atom is 0.264 e. The third kappa shape index (κ3) is 4.86. The molecule has 5 aliphatic rings. The maximum atomic E-state index is 16.3. The molecule has 2 aromatic heterocycles. The minimum Gasteiger partial charge on any atom is -0.351 e. The van der Waals surface area contributed by atoms with Gasteiger partial charge in [-0.15, -0.1) is 11.3 Å². The number of sulfonamides is 1. The average Bonchev–Trinajstić information content (AvgIpc) is 3.30.